The van der Waals surface area contributed by atoms with E-state index in [0.717, 1.165) is 44.6 Å². The van der Waals surface area contributed by atoms with Gasteiger partial charge in [0.25, 0.3) is 0 Å². The molecule has 3 heterocycles. The van der Waals surface area contributed by atoms with Crippen molar-refractivity contribution in [1.29, 1.82) is 0 Å². The van der Waals surface area contributed by atoms with Crippen molar-refractivity contribution >= 4 is 22.8 Å². The molecule has 1 aromatic carbocycles. The molecule has 0 aliphatic carbocycles. The van der Waals surface area contributed by atoms with E-state index in [1.807, 2.05) is 18.0 Å². The Balaban J connectivity index is 1.44. The number of nitrogens with zero attached hydrogens (tertiary/aromatic N) is 3. The molecule has 2 aromatic heterocycles. The third kappa shape index (κ3) is 3.74. The van der Waals surface area contributed by atoms with Crippen molar-refractivity contribution in [1.82, 2.24) is 19.4 Å². The Morgan fingerprint density at radius 2 is 2.30 bits per heavy atom. The number of hydrogen-bond acceptors (Lipinski definition) is 4. The van der Waals surface area contributed by atoms with Crippen molar-refractivity contribution in [2.24, 2.45) is 0 Å². The SMILES string of the molecule is Cc1nccn1CCC1CCCCN1C(=O)Nc1ccc2[nH]c(=O)oc2c1. The number of fused-ring (bicyclic) bond motifs is 1. The fourth-order valence-electron chi connectivity index (χ4n) is 3.71. The standard InChI is InChI=1S/C19H23N5O3/c1-13-20-8-11-23(13)10-7-15-4-2-3-9-24(15)18(25)21-14-5-6-16-17(12-14)27-19(26)22-16/h5-6,8,11-12,15H,2-4,7,9-10H2,1H3,(H,21,25)(H,22,26). The number of urea groups is 1. The number of hydrogen-bond donors (Lipinski definition) is 2. The quantitative estimate of drug-likeness (QED) is 0.738. The Kier molecular flexibility index (Phi) is 4.70. The lowest BCUT2D eigenvalue weighted by Gasteiger charge is -2.36. The second kappa shape index (κ2) is 7.30. The van der Waals surface area contributed by atoms with Crippen molar-refractivity contribution in [3.05, 3.63) is 47.0 Å². The van der Waals surface area contributed by atoms with E-state index in [1.165, 1.54) is 0 Å². The number of carbonyl (C=O) groups is 1. The number of nitrogens with one attached hydrogen (secondary N) is 2. The Hall–Kier alpha value is -3.03. The minimum Gasteiger partial charge on any atom is -0.408 e. The maximum atomic E-state index is 12.8. The summed E-state index contributed by atoms with van der Waals surface area (Å²) in [5.41, 5.74) is 1.66. The number of aromatic amines is 1. The number of oxazole rings is 1. The van der Waals surface area contributed by atoms with Gasteiger partial charge in [0.2, 0.25) is 0 Å². The van der Waals surface area contributed by atoms with E-state index >= 15 is 0 Å². The molecular formula is C19H23N5O3. The zero-order chi connectivity index (χ0) is 18.8. The van der Waals surface area contributed by atoms with Gasteiger partial charge in [0, 0.05) is 43.3 Å². The van der Waals surface area contributed by atoms with Crippen molar-refractivity contribution in [2.75, 3.05) is 11.9 Å². The van der Waals surface area contributed by atoms with E-state index in [1.54, 1.807) is 24.4 Å². The van der Waals surface area contributed by atoms with E-state index < -0.39 is 5.76 Å². The molecule has 27 heavy (non-hydrogen) atoms. The van der Waals surface area contributed by atoms with Crippen LogP contribution in [0, 0.1) is 6.92 Å². The van der Waals surface area contributed by atoms with Crippen LogP contribution in [0.3, 0.4) is 0 Å². The van der Waals surface area contributed by atoms with Gasteiger partial charge in [-0.1, -0.05) is 0 Å². The molecule has 1 fully saturated rings. The van der Waals surface area contributed by atoms with Gasteiger partial charge in [-0.15, -0.1) is 0 Å². The maximum absolute atomic E-state index is 12.8. The van der Waals surface area contributed by atoms with Gasteiger partial charge in [-0.05, 0) is 44.7 Å². The van der Waals surface area contributed by atoms with Crippen LogP contribution >= 0.6 is 0 Å². The lowest BCUT2D eigenvalue weighted by molar-refractivity contribution is 0.155. The molecule has 142 valence electrons. The second-order valence-corrected chi connectivity index (χ2v) is 6.96. The molecule has 0 saturated carbocycles. The molecule has 3 aromatic rings. The van der Waals surface area contributed by atoms with Gasteiger partial charge in [-0.25, -0.2) is 14.6 Å². The normalized spacial score (nSPS) is 17.4. The largest absolute Gasteiger partial charge is 0.417 e. The minimum atomic E-state index is -0.501. The first-order valence-corrected chi connectivity index (χ1v) is 9.28. The average Bonchev–Trinajstić information content (AvgIpc) is 3.24. The number of anilines is 1. The number of benzene rings is 1. The highest BCUT2D eigenvalue weighted by molar-refractivity contribution is 5.91. The molecule has 1 aliphatic rings. The third-order valence-corrected chi connectivity index (χ3v) is 5.19. The van der Waals surface area contributed by atoms with Crippen LogP contribution < -0.4 is 11.1 Å². The van der Waals surface area contributed by atoms with Gasteiger partial charge in [0.1, 0.15) is 5.82 Å². The molecule has 4 rings (SSSR count). The van der Waals surface area contributed by atoms with Crippen LogP contribution in [0.15, 0.2) is 39.8 Å². The number of H-pyrrole nitrogens is 1. The summed E-state index contributed by atoms with van der Waals surface area (Å²) in [4.78, 5) is 32.9. The van der Waals surface area contributed by atoms with E-state index in [2.05, 4.69) is 19.9 Å². The maximum Gasteiger partial charge on any atom is 0.417 e. The molecule has 8 nitrogen and oxygen atoms in total. The molecule has 0 radical (unpaired) electrons. The van der Waals surface area contributed by atoms with Gasteiger partial charge in [-0.2, -0.15) is 0 Å². The highest BCUT2D eigenvalue weighted by atomic mass is 16.4. The summed E-state index contributed by atoms with van der Waals surface area (Å²) in [5, 5.41) is 2.94. The predicted molar refractivity (Wildman–Crippen MR) is 102 cm³/mol. The molecule has 2 amide bonds. The van der Waals surface area contributed by atoms with Crippen LogP contribution in [-0.2, 0) is 6.54 Å². The van der Waals surface area contributed by atoms with Crippen LogP contribution in [0.2, 0.25) is 0 Å². The average molecular weight is 369 g/mol. The molecule has 1 unspecified atom stereocenters. The summed E-state index contributed by atoms with van der Waals surface area (Å²) in [6.07, 6.45) is 7.83. The number of aromatic nitrogens is 3. The van der Waals surface area contributed by atoms with E-state index in [4.69, 9.17) is 4.42 Å². The van der Waals surface area contributed by atoms with E-state index in [9.17, 15) is 9.59 Å². The molecule has 1 saturated heterocycles. The number of likely N-dealkylation sites (tertiary alicyclic amines) is 1. The summed E-state index contributed by atoms with van der Waals surface area (Å²) in [6.45, 7) is 3.59. The number of imidazole rings is 1. The molecule has 0 spiro atoms. The van der Waals surface area contributed by atoms with Crippen LogP contribution in [0.4, 0.5) is 10.5 Å². The van der Waals surface area contributed by atoms with Crippen LogP contribution in [-0.4, -0.2) is 38.1 Å². The van der Waals surface area contributed by atoms with Crippen molar-refractivity contribution in [3.63, 3.8) is 0 Å². The molecule has 1 atom stereocenters. The topological polar surface area (TPSA) is 96.2 Å². The van der Waals surface area contributed by atoms with Crippen LogP contribution in [0.5, 0.6) is 0 Å². The number of piperidine rings is 1. The van der Waals surface area contributed by atoms with E-state index in [0.29, 0.717) is 16.8 Å². The fraction of sp³-hybridized carbons (Fsp3) is 0.421. The smallest absolute Gasteiger partial charge is 0.408 e. The summed E-state index contributed by atoms with van der Waals surface area (Å²) >= 11 is 0. The highest BCUT2D eigenvalue weighted by Gasteiger charge is 2.26. The highest BCUT2D eigenvalue weighted by Crippen LogP contribution is 2.23. The van der Waals surface area contributed by atoms with Crippen molar-refractivity contribution < 1.29 is 9.21 Å². The number of rotatable bonds is 4. The Morgan fingerprint density at radius 3 is 3.11 bits per heavy atom. The summed E-state index contributed by atoms with van der Waals surface area (Å²) in [5.74, 6) is 0.488. The van der Waals surface area contributed by atoms with Crippen molar-refractivity contribution in [3.8, 4) is 0 Å². The zero-order valence-corrected chi connectivity index (χ0v) is 15.3. The first-order valence-electron chi connectivity index (χ1n) is 9.28. The minimum absolute atomic E-state index is 0.112. The number of carbonyl (C=O) groups excluding carboxylic acids is 1. The lowest BCUT2D eigenvalue weighted by atomic mass is 9.99. The summed E-state index contributed by atoms with van der Waals surface area (Å²) in [6, 6.07) is 5.25. The molecule has 0 bridgehead atoms. The number of aryl methyl sites for hydroxylation is 2. The van der Waals surface area contributed by atoms with Gasteiger partial charge >= 0.3 is 11.8 Å². The van der Waals surface area contributed by atoms with Gasteiger partial charge in [-0.3, -0.25) is 4.98 Å². The summed E-state index contributed by atoms with van der Waals surface area (Å²) < 4.78 is 7.18. The first kappa shape index (κ1) is 17.4. The first-order chi connectivity index (χ1) is 13.1. The van der Waals surface area contributed by atoms with Crippen LogP contribution in [0.1, 0.15) is 31.5 Å². The monoisotopic (exact) mass is 369 g/mol. The third-order valence-electron chi connectivity index (χ3n) is 5.19. The second-order valence-electron chi connectivity index (χ2n) is 6.96. The van der Waals surface area contributed by atoms with Gasteiger partial charge in [0.05, 0.1) is 5.52 Å². The Bertz CT molecular complexity index is 1000. The summed E-state index contributed by atoms with van der Waals surface area (Å²) in [7, 11) is 0. The Morgan fingerprint density at radius 1 is 1.41 bits per heavy atom. The predicted octanol–water partition coefficient (Wildman–Crippen LogP) is 3.10. The molecule has 1 aliphatic heterocycles. The molecular weight excluding hydrogens is 346 g/mol. The van der Waals surface area contributed by atoms with Gasteiger partial charge in [0.15, 0.2) is 5.58 Å². The fourth-order valence-corrected chi connectivity index (χ4v) is 3.71. The van der Waals surface area contributed by atoms with Gasteiger partial charge < -0.3 is 19.2 Å². The molecule has 8 heteroatoms. The van der Waals surface area contributed by atoms with E-state index in [-0.39, 0.29) is 12.1 Å². The Labute approximate surface area is 156 Å². The molecule has 2 N–H and O–H groups in total. The zero-order valence-electron chi connectivity index (χ0n) is 15.3. The van der Waals surface area contributed by atoms with Crippen LogP contribution in [0.25, 0.3) is 11.1 Å². The number of amides is 2. The lowest BCUT2D eigenvalue weighted by Crippen LogP contribution is -2.46. The van der Waals surface area contributed by atoms with Crippen molar-refractivity contribution in [2.45, 2.75) is 45.2 Å².